The van der Waals surface area contributed by atoms with E-state index in [1.165, 1.54) is 5.56 Å². The third-order valence-corrected chi connectivity index (χ3v) is 8.75. The van der Waals surface area contributed by atoms with Crippen LogP contribution in [0.25, 0.3) is 0 Å². The van der Waals surface area contributed by atoms with Crippen LogP contribution in [-0.4, -0.2) is 71.9 Å². The highest BCUT2D eigenvalue weighted by Crippen LogP contribution is 2.28. The van der Waals surface area contributed by atoms with E-state index in [2.05, 4.69) is 45.4 Å². The molecule has 5 rings (SSSR count). The smallest absolute Gasteiger partial charge is 0.321 e. The first-order chi connectivity index (χ1) is 18.0. The zero-order chi connectivity index (χ0) is 25.6. The minimum atomic E-state index is -0.0578. The zero-order valence-corrected chi connectivity index (χ0v) is 22.4. The summed E-state index contributed by atoms with van der Waals surface area (Å²) in [6, 6.07) is 18.4. The molecule has 3 fully saturated rings. The van der Waals surface area contributed by atoms with Gasteiger partial charge in [-0.25, -0.2) is 4.79 Å². The Labute approximate surface area is 225 Å². The van der Waals surface area contributed by atoms with E-state index < -0.39 is 0 Å². The predicted molar refractivity (Wildman–Crippen MR) is 149 cm³/mol. The van der Waals surface area contributed by atoms with Crippen molar-refractivity contribution in [1.82, 2.24) is 14.7 Å². The van der Waals surface area contributed by atoms with Crippen LogP contribution in [0.2, 0.25) is 5.02 Å². The quantitative estimate of drug-likeness (QED) is 0.561. The Kier molecular flexibility index (Phi) is 8.67. The first kappa shape index (κ1) is 26.1. The molecular formula is C30H39ClN4O2. The summed E-state index contributed by atoms with van der Waals surface area (Å²) in [5.74, 6) is 1.24. The van der Waals surface area contributed by atoms with Crippen LogP contribution in [0.5, 0.6) is 0 Å². The average molecular weight is 523 g/mol. The van der Waals surface area contributed by atoms with Crippen LogP contribution < -0.4 is 5.32 Å². The summed E-state index contributed by atoms with van der Waals surface area (Å²) in [5.41, 5.74) is 2.14. The summed E-state index contributed by atoms with van der Waals surface area (Å²) in [5, 5.41) is 3.57. The van der Waals surface area contributed by atoms with Gasteiger partial charge in [0.1, 0.15) is 0 Å². The number of carbonyl (C=O) groups excluding carboxylic acids is 2. The van der Waals surface area contributed by atoms with Crippen molar-refractivity contribution in [3.8, 4) is 0 Å². The molecule has 3 heterocycles. The monoisotopic (exact) mass is 522 g/mol. The number of hydrogen-bond acceptors (Lipinski definition) is 3. The van der Waals surface area contributed by atoms with Crippen molar-refractivity contribution in [3.05, 3.63) is 65.2 Å². The molecule has 0 aliphatic carbocycles. The molecule has 2 aromatic carbocycles. The van der Waals surface area contributed by atoms with E-state index >= 15 is 0 Å². The maximum Gasteiger partial charge on any atom is 0.321 e. The highest BCUT2D eigenvalue weighted by atomic mass is 35.5. The van der Waals surface area contributed by atoms with Gasteiger partial charge in [-0.15, -0.1) is 0 Å². The highest BCUT2D eigenvalue weighted by molar-refractivity contribution is 6.30. The average Bonchev–Trinajstić information content (AvgIpc) is 2.94. The van der Waals surface area contributed by atoms with Gasteiger partial charge in [0, 0.05) is 48.8 Å². The molecule has 1 N–H and O–H groups in total. The third kappa shape index (κ3) is 6.85. The van der Waals surface area contributed by atoms with E-state index in [-0.39, 0.29) is 11.9 Å². The van der Waals surface area contributed by atoms with Crippen molar-refractivity contribution in [3.63, 3.8) is 0 Å². The molecular weight excluding hydrogens is 484 g/mol. The van der Waals surface area contributed by atoms with Crippen molar-refractivity contribution < 1.29 is 9.59 Å². The number of amides is 3. The van der Waals surface area contributed by atoms with Crippen LogP contribution >= 0.6 is 11.6 Å². The maximum absolute atomic E-state index is 13.2. The lowest BCUT2D eigenvalue weighted by Crippen LogP contribution is -2.51. The van der Waals surface area contributed by atoms with Gasteiger partial charge in [-0.2, -0.15) is 0 Å². The van der Waals surface area contributed by atoms with E-state index in [9.17, 15) is 9.59 Å². The predicted octanol–water partition coefficient (Wildman–Crippen LogP) is 5.53. The maximum atomic E-state index is 13.2. The van der Waals surface area contributed by atoms with Gasteiger partial charge in [0.05, 0.1) is 0 Å². The lowest BCUT2D eigenvalue weighted by atomic mass is 9.88. The van der Waals surface area contributed by atoms with E-state index in [1.54, 1.807) is 12.1 Å². The van der Waals surface area contributed by atoms with Gasteiger partial charge in [-0.3, -0.25) is 4.79 Å². The third-order valence-electron chi connectivity index (χ3n) is 8.52. The molecule has 0 aromatic heterocycles. The van der Waals surface area contributed by atoms with Gasteiger partial charge in [0.15, 0.2) is 0 Å². The van der Waals surface area contributed by atoms with Crippen LogP contribution in [0.4, 0.5) is 10.5 Å². The minimum absolute atomic E-state index is 0.0578. The van der Waals surface area contributed by atoms with Crippen molar-refractivity contribution in [2.24, 2.45) is 11.8 Å². The number of halogens is 1. The summed E-state index contributed by atoms with van der Waals surface area (Å²) >= 11 is 6.03. The van der Waals surface area contributed by atoms with Gasteiger partial charge >= 0.3 is 6.03 Å². The summed E-state index contributed by atoms with van der Waals surface area (Å²) in [6.45, 7) is 5.31. The van der Waals surface area contributed by atoms with E-state index in [4.69, 9.17) is 11.6 Å². The first-order valence-corrected chi connectivity index (χ1v) is 14.3. The lowest BCUT2D eigenvalue weighted by molar-refractivity contribution is -0.138. The van der Waals surface area contributed by atoms with Crippen LogP contribution in [0.3, 0.4) is 0 Å². The Bertz CT molecular complexity index is 1040. The molecule has 3 aliphatic heterocycles. The van der Waals surface area contributed by atoms with E-state index in [0.717, 1.165) is 89.9 Å². The summed E-state index contributed by atoms with van der Waals surface area (Å²) < 4.78 is 0. The van der Waals surface area contributed by atoms with E-state index in [1.807, 2.05) is 17.0 Å². The molecule has 0 unspecified atom stereocenters. The molecule has 3 saturated heterocycles. The molecule has 0 saturated carbocycles. The van der Waals surface area contributed by atoms with Crippen molar-refractivity contribution >= 4 is 29.2 Å². The molecule has 37 heavy (non-hydrogen) atoms. The van der Waals surface area contributed by atoms with Gasteiger partial charge in [-0.05, 0) is 87.7 Å². The molecule has 2 aromatic rings. The number of rotatable bonds is 5. The van der Waals surface area contributed by atoms with Gasteiger partial charge in [-0.1, -0.05) is 48.0 Å². The Balaban J connectivity index is 1.01. The number of anilines is 1. The molecule has 3 amide bonds. The summed E-state index contributed by atoms with van der Waals surface area (Å²) in [6.07, 6.45) is 7.23. The van der Waals surface area contributed by atoms with Crippen molar-refractivity contribution in [1.29, 1.82) is 0 Å². The molecule has 0 atom stereocenters. The molecule has 0 radical (unpaired) electrons. The number of carbonyl (C=O) groups is 2. The second-order valence-electron chi connectivity index (χ2n) is 10.9. The fraction of sp³-hybridized carbons (Fsp3) is 0.533. The first-order valence-electron chi connectivity index (χ1n) is 13.9. The Morgan fingerprint density at radius 3 is 2.14 bits per heavy atom. The number of hydrogen-bond donors (Lipinski definition) is 1. The Hall–Kier alpha value is -2.57. The number of likely N-dealkylation sites (tertiary alicyclic amines) is 3. The van der Waals surface area contributed by atoms with Crippen molar-refractivity contribution in [2.45, 2.75) is 51.0 Å². The van der Waals surface area contributed by atoms with Gasteiger partial charge < -0.3 is 20.0 Å². The lowest BCUT2D eigenvalue weighted by Gasteiger charge is -2.42. The summed E-state index contributed by atoms with van der Waals surface area (Å²) in [7, 11) is 0. The van der Waals surface area contributed by atoms with Crippen LogP contribution in [0, 0.1) is 11.8 Å². The fourth-order valence-corrected chi connectivity index (χ4v) is 6.47. The normalized spacial score (nSPS) is 20.7. The van der Waals surface area contributed by atoms with Crippen molar-refractivity contribution in [2.75, 3.05) is 44.6 Å². The minimum Gasteiger partial charge on any atom is -0.342 e. The molecule has 7 heteroatoms. The zero-order valence-electron chi connectivity index (χ0n) is 21.7. The second kappa shape index (κ2) is 12.3. The Morgan fingerprint density at radius 2 is 1.46 bits per heavy atom. The number of nitrogens with zero attached hydrogens (tertiary/aromatic N) is 3. The van der Waals surface area contributed by atoms with Gasteiger partial charge in [0.2, 0.25) is 5.91 Å². The molecule has 198 valence electrons. The number of urea groups is 1. The van der Waals surface area contributed by atoms with E-state index in [0.29, 0.717) is 22.9 Å². The standard InChI is InChI=1S/C30H39ClN4O2/c31-26-7-4-8-27(22-26)32-30(37)35-19-13-28(14-20-35)33-17-11-25(12-18-33)29(36)34-15-9-24(10-16-34)21-23-5-2-1-3-6-23/h1-8,22,24-25,28H,9-21H2,(H,32,37). The number of piperidine rings is 3. The number of benzene rings is 2. The highest BCUT2D eigenvalue weighted by Gasteiger charge is 2.34. The molecule has 3 aliphatic rings. The molecule has 6 nitrogen and oxygen atoms in total. The second-order valence-corrected chi connectivity index (χ2v) is 11.4. The summed E-state index contributed by atoms with van der Waals surface area (Å²) in [4.78, 5) is 32.5. The molecule has 0 spiro atoms. The van der Waals surface area contributed by atoms with Gasteiger partial charge in [0.25, 0.3) is 0 Å². The number of nitrogens with one attached hydrogen (secondary N) is 1. The SMILES string of the molecule is O=C(Nc1cccc(Cl)c1)N1CCC(N2CCC(C(=O)N3CCC(Cc4ccccc4)CC3)CC2)CC1. The van der Waals surface area contributed by atoms with Crippen LogP contribution in [0.15, 0.2) is 54.6 Å². The molecule has 0 bridgehead atoms. The fourth-order valence-electron chi connectivity index (χ4n) is 6.28. The Morgan fingerprint density at radius 1 is 0.784 bits per heavy atom. The van der Waals surface area contributed by atoms with Crippen LogP contribution in [-0.2, 0) is 11.2 Å². The topological polar surface area (TPSA) is 55.9 Å². The largest absolute Gasteiger partial charge is 0.342 e. The van der Waals surface area contributed by atoms with Crippen LogP contribution in [0.1, 0.15) is 44.1 Å².